The second kappa shape index (κ2) is 10.5. The Morgan fingerprint density at radius 1 is 1.26 bits per heavy atom. The van der Waals surface area contributed by atoms with Crippen molar-refractivity contribution in [2.24, 2.45) is 5.92 Å². The first-order chi connectivity index (χ1) is 16.9. The van der Waals surface area contributed by atoms with Gasteiger partial charge in [0.1, 0.15) is 12.1 Å². The fraction of sp³-hybridized carbons (Fsp3) is 0.333. The summed E-state index contributed by atoms with van der Waals surface area (Å²) in [5.41, 5.74) is 7.73. The summed E-state index contributed by atoms with van der Waals surface area (Å²) in [4.78, 5) is 37.1. The van der Waals surface area contributed by atoms with Crippen molar-refractivity contribution < 1.29 is 14.5 Å². The highest BCUT2D eigenvalue weighted by atomic mass is 16.6. The molecule has 0 radical (unpaired) electrons. The van der Waals surface area contributed by atoms with E-state index >= 15 is 0 Å². The van der Waals surface area contributed by atoms with Gasteiger partial charge < -0.3 is 19.9 Å². The molecular weight excluding hydrogens is 450 g/mol. The molecule has 178 valence electrons. The number of non-ortho nitro benzene ring substituents is 1. The van der Waals surface area contributed by atoms with Gasteiger partial charge >= 0.3 is 6.09 Å². The number of likely N-dealkylation sites (tertiary alicyclic amines) is 1. The van der Waals surface area contributed by atoms with Crippen LogP contribution in [0.1, 0.15) is 30.7 Å². The second-order valence-electron chi connectivity index (χ2n) is 8.10. The number of fused-ring (bicyclic) bond motifs is 1. The summed E-state index contributed by atoms with van der Waals surface area (Å²) >= 11 is 0. The van der Waals surface area contributed by atoms with E-state index in [0.29, 0.717) is 54.5 Å². The highest BCUT2D eigenvalue weighted by Gasteiger charge is 2.23. The Balaban J connectivity index is 1.26. The number of hydrogen-bond acceptors (Lipinski definition) is 8. The Labute approximate surface area is 201 Å². The Bertz CT molecular complexity index is 1340. The van der Waals surface area contributed by atoms with Crippen LogP contribution in [0, 0.1) is 40.2 Å². The average Bonchev–Trinajstić information content (AvgIpc) is 3.27. The van der Waals surface area contributed by atoms with E-state index in [1.165, 1.54) is 12.1 Å². The summed E-state index contributed by atoms with van der Waals surface area (Å²) in [6, 6.07) is 5.93. The number of rotatable bonds is 5. The largest absolute Gasteiger partial charge is 0.445 e. The minimum Gasteiger partial charge on any atom is -0.445 e. The number of nitrogen functional groups attached to an aromatic ring is 1. The van der Waals surface area contributed by atoms with E-state index < -0.39 is 11.0 Å². The fourth-order valence-electron chi connectivity index (χ4n) is 3.78. The lowest BCUT2D eigenvalue weighted by Crippen LogP contribution is -2.38. The van der Waals surface area contributed by atoms with Crippen molar-refractivity contribution in [1.29, 1.82) is 0 Å². The second-order valence-corrected chi connectivity index (χ2v) is 8.10. The van der Waals surface area contributed by atoms with Crippen LogP contribution in [0.2, 0.25) is 0 Å². The van der Waals surface area contributed by atoms with Crippen LogP contribution < -0.4 is 5.73 Å². The third-order valence-corrected chi connectivity index (χ3v) is 5.73. The molecule has 0 atom stereocenters. The molecule has 1 aliphatic rings. The van der Waals surface area contributed by atoms with Gasteiger partial charge in [-0.3, -0.25) is 10.1 Å². The summed E-state index contributed by atoms with van der Waals surface area (Å²) < 4.78 is 7.07. The minimum atomic E-state index is -0.470. The first kappa shape index (κ1) is 23.5. The first-order valence-electron chi connectivity index (χ1n) is 11.0. The first-order valence-corrected chi connectivity index (χ1v) is 11.0. The maximum absolute atomic E-state index is 12.4. The van der Waals surface area contributed by atoms with E-state index in [1.807, 2.05) is 0 Å². The van der Waals surface area contributed by atoms with Crippen molar-refractivity contribution in [3.05, 3.63) is 52.1 Å². The molecule has 2 N–H and O–H groups in total. The zero-order valence-electron chi connectivity index (χ0n) is 18.9. The smallest absolute Gasteiger partial charge is 0.410 e. The number of imidazole rings is 1. The van der Waals surface area contributed by atoms with Gasteiger partial charge in [0.25, 0.3) is 5.69 Å². The molecule has 0 spiro atoms. The SMILES string of the molecule is C#CCn1cnc2c(N)nc(C#CCC3CCN(C(=O)OCc4ccc([N+](=O)[O-])cc4)CC3)nc21. The molecule has 1 fully saturated rings. The van der Waals surface area contributed by atoms with Crippen molar-refractivity contribution in [1.82, 2.24) is 24.4 Å². The minimum absolute atomic E-state index is 0.00339. The Hall–Kier alpha value is -4.64. The molecule has 1 aromatic carbocycles. The number of piperidine rings is 1. The summed E-state index contributed by atoms with van der Waals surface area (Å²) in [6.45, 7) is 1.54. The van der Waals surface area contributed by atoms with E-state index in [0.717, 1.165) is 12.8 Å². The molecule has 0 saturated carbocycles. The molecule has 2 aromatic heterocycles. The number of terminal acetylenes is 1. The third-order valence-electron chi connectivity index (χ3n) is 5.73. The van der Waals surface area contributed by atoms with Crippen molar-refractivity contribution in [3.8, 4) is 24.2 Å². The lowest BCUT2D eigenvalue weighted by atomic mass is 9.94. The monoisotopic (exact) mass is 473 g/mol. The normalized spacial score (nSPS) is 13.6. The number of nitrogens with two attached hydrogens (primary N) is 1. The molecule has 3 aromatic rings. The standard InChI is InChI=1S/C24H23N7O4/c1-2-12-30-16-26-21-22(25)27-20(28-23(21)30)5-3-4-17-10-13-29(14-11-17)24(32)35-15-18-6-8-19(9-7-18)31(33)34/h1,6-9,16-17H,4,10-15H2,(H2,25,27,28). The topological polar surface area (TPSA) is 142 Å². The van der Waals surface area contributed by atoms with Gasteiger partial charge in [0.2, 0.25) is 5.82 Å². The molecule has 0 bridgehead atoms. The number of nitrogens with zero attached hydrogens (tertiary/aromatic N) is 6. The number of ether oxygens (including phenoxy) is 1. The van der Waals surface area contributed by atoms with Gasteiger partial charge in [-0.05, 0) is 42.4 Å². The van der Waals surface area contributed by atoms with Crippen LogP contribution in [-0.4, -0.2) is 48.5 Å². The van der Waals surface area contributed by atoms with Gasteiger partial charge in [-0.2, -0.15) is 0 Å². The van der Waals surface area contributed by atoms with Crippen molar-refractivity contribution >= 4 is 28.8 Å². The van der Waals surface area contributed by atoms with Gasteiger partial charge in [-0.1, -0.05) is 11.8 Å². The van der Waals surface area contributed by atoms with E-state index in [2.05, 4.69) is 32.7 Å². The lowest BCUT2D eigenvalue weighted by Gasteiger charge is -2.30. The van der Waals surface area contributed by atoms with E-state index in [9.17, 15) is 14.9 Å². The van der Waals surface area contributed by atoms with Crippen LogP contribution in [0.3, 0.4) is 0 Å². The predicted octanol–water partition coefficient (Wildman–Crippen LogP) is 2.74. The van der Waals surface area contributed by atoms with Crippen LogP contribution in [-0.2, 0) is 17.9 Å². The summed E-state index contributed by atoms with van der Waals surface area (Å²) in [5, 5.41) is 10.7. The van der Waals surface area contributed by atoms with Crippen LogP contribution in [0.5, 0.6) is 0 Å². The maximum Gasteiger partial charge on any atom is 0.410 e. The number of aromatic nitrogens is 4. The fourth-order valence-corrected chi connectivity index (χ4v) is 3.78. The Kier molecular flexibility index (Phi) is 7.07. The van der Waals surface area contributed by atoms with E-state index in [4.69, 9.17) is 16.9 Å². The van der Waals surface area contributed by atoms with Crippen molar-refractivity contribution in [2.75, 3.05) is 18.8 Å². The van der Waals surface area contributed by atoms with Crippen LogP contribution in [0.4, 0.5) is 16.3 Å². The predicted molar refractivity (Wildman–Crippen MR) is 128 cm³/mol. The number of carbonyl (C=O) groups is 1. The van der Waals surface area contributed by atoms with Crippen LogP contribution >= 0.6 is 0 Å². The molecule has 3 heterocycles. The zero-order chi connectivity index (χ0) is 24.8. The number of amides is 1. The Morgan fingerprint density at radius 3 is 2.69 bits per heavy atom. The molecule has 4 rings (SSSR count). The van der Waals surface area contributed by atoms with Crippen molar-refractivity contribution in [2.45, 2.75) is 32.4 Å². The number of hydrogen-bond donors (Lipinski definition) is 1. The van der Waals surface area contributed by atoms with Gasteiger partial charge in [0.05, 0.1) is 17.8 Å². The highest BCUT2D eigenvalue weighted by Crippen LogP contribution is 2.21. The summed E-state index contributed by atoms with van der Waals surface area (Å²) in [6.07, 6.45) is 8.82. The quantitative estimate of drug-likeness (QED) is 0.339. The average molecular weight is 473 g/mol. The highest BCUT2D eigenvalue weighted by molar-refractivity contribution is 5.82. The zero-order valence-corrected chi connectivity index (χ0v) is 18.9. The Morgan fingerprint density at radius 2 is 2.00 bits per heavy atom. The van der Waals surface area contributed by atoms with Gasteiger partial charge in [0.15, 0.2) is 11.5 Å². The van der Waals surface area contributed by atoms with Gasteiger partial charge in [-0.15, -0.1) is 6.42 Å². The molecule has 1 aliphatic heterocycles. The lowest BCUT2D eigenvalue weighted by molar-refractivity contribution is -0.384. The number of nitro groups is 1. The van der Waals surface area contributed by atoms with Crippen LogP contribution in [0.15, 0.2) is 30.6 Å². The maximum atomic E-state index is 12.4. The molecular formula is C24H23N7O4. The summed E-state index contributed by atoms with van der Waals surface area (Å²) in [5.74, 6) is 9.57. The summed E-state index contributed by atoms with van der Waals surface area (Å²) in [7, 11) is 0. The van der Waals surface area contributed by atoms with Crippen molar-refractivity contribution in [3.63, 3.8) is 0 Å². The van der Waals surface area contributed by atoms with E-state index in [1.54, 1.807) is 27.9 Å². The van der Waals surface area contributed by atoms with Gasteiger partial charge in [0, 0.05) is 31.6 Å². The number of carbonyl (C=O) groups excluding carboxylic acids is 1. The number of anilines is 1. The molecule has 11 heteroatoms. The third kappa shape index (κ3) is 5.65. The molecule has 11 nitrogen and oxygen atoms in total. The number of nitro benzene ring substituents is 1. The van der Waals surface area contributed by atoms with Crippen LogP contribution in [0.25, 0.3) is 11.2 Å². The molecule has 1 amide bonds. The molecule has 0 aliphatic carbocycles. The van der Waals surface area contributed by atoms with Gasteiger partial charge in [-0.25, -0.2) is 19.7 Å². The molecule has 0 unspecified atom stereocenters. The number of benzene rings is 1. The van der Waals surface area contributed by atoms with E-state index in [-0.39, 0.29) is 18.1 Å². The molecule has 35 heavy (non-hydrogen) atoms. The molecule has 1 saturated heterocycles.